The first-order valence-corrected chi connectivity index (χ1v) is 4.86. The Hall–Kier alpha value is -0.940. The Labute approximate surface area is 82.8 Å². The minimum Gasteiger partial charge on any atom is -0.377 e. The molecule has 1 N–H and O–H groups in total. The van der Waals surface area contributed by atoms with Crippen LogP contribution in [-0.2, 0) is 11.3 Å². The fraction of sp³-hybridized carbons (Fsp3) is 0.778. The Bertz CT molecular complexity index is 300. The van der Waals surface area contributed by atoms with Gasteiger partial charge in [0.2, 0.25) is 5.89 Å². The number of hydrogen-bond acceptors (Lipinski definition) is 5. The van der Waals surface area contributed by atoms with Gasteiger partial charge in [-0.25, -0.2) is 0 Å². The number of nitrogens with one attached hydrogen (secondary N) is 1. The zero-order chi connectivity index (χ0) is 9.97. The van der Waals surface area contributed by atoms with Crippen LogP contribution in [-0.4, -0.2) is 29.8 Å². The van der Waals surface area contributed by atoms with E-state index in [2.05, 4.69) is 22.4 Å². The number of ether oxygens (including phenoxy) is 1. The van der Waals surface area contributed by atoms with Gasteiger partial charge in [0.25, 0.3) is 0 Å². The van der Waals surface area contributed by atoms with Crippen molar-refractivity contribution in [2.75, 3.05) is 13.7 Å². The first-order chi connectivity index (χ1) is 6.81. The van der Waals surface area contributed by atoms with Crippen LogP contribution in [0.2, 0.25) is 0 Å². The summed E-state index contributed by atoms with van der Waals surface area (Å²) in [5.74, 6) is 1.71. The molecule has 1 aliphatic rings. The molecule has 1 saturated heterocycles. The predicted octanol–water partition coefficient (Wildman–Crippen LogP) is 0.681. The van der Waals surface area contributed by atoms with Gasteiger partial charge in [-0.1, -0.05) is 5.16 Å². The molecular formula is C9H15N3O2. The topological polar surface area (TPSA) is 60.2 Å². The fourth-order valence-corrected chi connectivity index (χ4v) is 1.80. The molecule has 0 amide bonds. The lowest BCUT2D eigenvalue weighted by molar-refractivity contribution is 0.174. The van der Waals surface area contributed by atoms with Crippen LogP contribution in [0.15, 0.2) is 4.52 Å². The van der Waals surface area contributed by atoms with Gasteiger partial charge in [-0.2, -0.15) is 4.98 Å². The molecule has 2 rings (SSSR count). The molecule has 1 aromatic rings. The van der Waals surface area contributed by atoms with Gasteiger partial charge >= 0.3 is 0 Å². The van der Waals surface area contributed by atoms with Crippen molar-refractivity contribution in [1.82, 2.24) is 15.5 Å². The van der Waals surface area contributed by atoms with Crippen molar-refractivity contribution in [1.29, 1.82) is 0 Å². The molecule has 0 saturated carbocycles. The third-order valence-electron chi connectivity index (χ3n) is 2.60. The molecule has 0 radical (unpaired) electrons. The van der Waals surface area contributed by atoms with Crippen LogP contribution in [0.5, 0.6) is 0 Å². The van der Waals surface area contributed by atoms with E-state index in [0.717, 1.165) is 18.9 Å². The van der Waals surface area contributed by atoms with Gasteiger partial charge in [-0.05, 0) is 19.9 Å². The Balaban J connectivity index is 2.08. The normalized spacial score (nSPS) is 27.0. The zero-order valence-electron chi connectivity index (χ0n) is 8.49. The van der Waals surface area contributed by atoms with Crippen molar-refractivity contribution < 1.29 is 9.26 Å². The zero-order valence-corrected chi connectivity index (χ0v) is 8.49. The highest BCUT2D eigenvalue weighted by Gasteiger charge is 2.29. The summed E-state index contributed by atoms with van der Waals surface area (Å²) >= 11 is 0. The van der Waals surface area contributed by atoms with Crippen LogP contribution in [0.25, 0.3) is 0 Å². The fourth-order valence-electron chi connectivity index (χ4n) is 1.80. The van der Waals surface area contributed by atoms with Crippen LogP contribution < -0.4 is 5.32 Å². The number of nitrogens with zero attached hydrogens (tertiary/aromatic N) is 2. The van der Waals surface area contributed by atoms with E-state index in [4.69, 9.17) is 9.26 Å². The van der Waals surface area contributed by atoms with E-state index in [1.54, 1.807) is 7.11 Å². The number of hydrogen-bond donors (Lipinski definition) is 1. The summed E-state index contributed by atoms with van der Waals surface area (Å²) in [6, 6.07) is 0.422. The second-order valence-electron chi connectivity index (χ2n) is 3.62. The van der Waals surface area contributed by atoms with Crippen molar-refractivity contribution in [3.63, 3.8) is 0 Å². The standard InChI is InChI=1S/C9H15N3O2/c1-6-7(3-4-10-6)9-11-8(5-13-2)12-14-9/h6-7,10H,3-5H2,1-2H3. The molecule has 2 unspecified atom stereocenters. The van der Waals surface area contributed by atoms with Crippen molar-refractivity contribution in [3.8, 4) is 0 Å². The molecule has 0 aliphatic carbocycles. The van der Waals surface area contributed by atoms with Crippen LogP contribution in [0.1, 0.15) is 31.0 Å². The molecule has 1 aliphatic heterocycles. The summed E-state index contributed by atoms with van der Waals surface area (Å²) in [6.45, 7) is 3.57. The van der Waals surface area contributed by atoms with Crippen LogP contribution >= 0.6 is 0 Å². The highest BCUT2D eigenvalue weighted by atomic mass is 16.5. The molecule has 0 bridgehead atoms. The maximum Gasteiger partial charge on any atom is 0.231 e. The van der Waals surface area contributed by atoms with Gasteiger partial charge in [0.05, 0.1) is 5.92 Å². The second-order valence-corrected chi connectivity index (χ2v) is 3.62. The van der Waals surface area contributed by atoms with Crippen molar-refractivity contribution in [2.45, 2.75) is 31.9 Å². The lowest BCUT2D eigenvalue weighted by Gasteiger charge is -2.08. The van der Waals surface area contributed by atoms with Crippen molar-refractivity contribution in [3.05, 3.63) is 11.7 Å². The van der Waals surface area contributed by atoms with E-state index < -0.39 is 0 Å². The molecule has 5 heteroatoms. The Morgan fingerprint density at radius 2 is 2.50 bits per heavy atom. The van der Waals surface area contributed by atoms with Crippen LogP contribution in [0.4, 0.5) is 0 Å². The Morgan fingerprint density at radius 1 is 1.64 bits per heavy atom. The van der Waals surface area contributed by atoms with E-state index in [-0.39, 0.29) is 0 Å². The van der Waals surface area contributed by atoms with Gasteiger partial charge in [0.1, 0.15) is 6.61 Å². The molecule has 1 fully saturated rings. The lowest BCUT2D eigenvalue weighted by Crippen LogP contribution is -2.21. The molecule has 78 valence electrons. The SMILES string of the molecule is COCc1noc(C2CCNC2C)n1. The van der Waals surface area contributed by atoms with Gasteiger partial charge in [-0.15, -0.1) is 0 Å². The predicted molar refractivity (Wildman–Crippen MR) is 49.8 cm³/mol. The molecular weight excluding hydrogens is 182 g/mol. The third-order valence-corrected chi connectivity index (χ3v) is 2.60. The largest absolute Gasteiger partial charge is 0.377 e. The van der Waals surface area contributed by atoms with Gasteiger partial charge in [0, 0.05) is 13.2 Å². The highest BCUT2D eigenvalue weighted by Crippen LogP contribution is 2.25. The summed E-state index contributed by atoms with van der Waals surface area (Å²) in [5.41, 5.74) is 0. The summed E-state index contributed by atoms with van der Waals surface area (Å²) in [5, 5.41) is 7.20. The van der Waals surface area contributed by atoms with Crippen molar-refractivity contribution in [2.24, 2.45) is 0 Å². The Kier molecular flexibility index (Phi) is 2.79. The average molecular weight is 197 g/mol. The summed E-state index contributed by atoms with van der Waals surface area (Å²) < 4.78 is 10.1. The summed E-state index contributed by atoms with van der Waals surface area (Å²) in [7, 11) is 1.62. The first kappa shape index (κ1) is 9.61. The molecule has 2 heterocycles. The minimum absolute atomic E-state index is 0.355. The van der Waals surface area contributed by atoms with E-state index in [0.29, 0.717) is 24.4 Å². The number of aromatic nitrogens is 2. The lowest BCUT2D eigenvalue weighted by atomic mass is 10.0. The highest BCUT2D eigenvalue weighted by molar-refractivity contribution is 5.01. The van der Waals surface area contributed by atoms with Crippen LogP contribution in [0, 0.1) is 0 Å². The van der Waals surface area contributed by atoms with Gasteiger partial charge in [0.15, 0.2) is 5.82 Å². The molecule has 14 heavy (non-hydrogen) atoms. The quantitative estimate of drug-likeness (QED) is 0.772. The molecule has 2 atom stereocenters. The molecule has 0 aromatic carbocycles. The van der Waals surface area contributed by atoms with Gasteiger partial charge < -0.3 is 14.6 Å². The summed E-state index contributed by atoms with van der Waals surface area (Å²) in [4.78, 5) is 4.29. The van der Waals surface area contributed by atoms with E-state index in [1.165, 1.54) is 0 Å². The molecule has 5 nitrogen and oxygen atoms in total. The number of rotatable bonds is 3. The number of methoxy groups -OCH3 is 1. The van der Waals surface area contributed by atoms with Crippen LogP contribution in [0.3, 0.4) is 0 Å². The van der Waals surface area contributed by atoms with Crippen molar-refractivity contribution >= 4 is 0 Å². The maximum absolute atomic E-state index is 5.19. The average Bonchev–Trinajstić information content (AvgIpc) is 2.74. The second kappa shape index (κ2) is 4.06. The van der Waals surface area contributed by atoms with E-state index in [9.17, 15) is 0 Å². The van der Waals surface area contributed by atoms with E-state index in [1.807, 2.05) is 0 Å². The third kappa shape index (κ3) is 1.78. The molecule has 1 aromatic heterocycles. The Morgan fingerprint density at radius 3 is 3.14 bits per heavy atom. The van der Waals surface area contributed by atoms with E-state index >= 15 is 0 Å². The monoisotopic (exact) mass is 197 g/mol. The first-order valence-electron chi connectivity index (χ1n) is 4.86. The smallest absolute Gasteiger partial charge is 0.231 e. The maximum atomic E-state index is 5.19. The summed E-state index contributed by atoms with van der Waals surface area (Å²) in [6.07, 6.45) is 1.07. The molecule has 0 spiro atoms. The minimum atomic E-state index is 0.355. The van der Waals surface area contributed by atoms with Gasteiger partial charge in [-0.3, -0.25) is 0 Å².